The number of carbonyl (C=O) groups is 1. The number of likely N-dealkylation sites (tertiary alicyclic amines) is 1. The summed E-state index contributed by atoms with van der Waals surface area (Å²) in [5.74, 6) is 0.908. The molecule has 0 bridgehead atoms. The molecule has 2 atom stereocenters. The number of rotatable bonds is 4. The van der Waals surface area contributed by atoms with E-state index in [1.807, 2.05) is 0 Å². The predicted molar refractivity (Wildman–Crippen MR) is 72.6 cm³/mol. The van der Waals surface area contributed by atoms with Gasteiger partial charge in [-0.2, -0.15) is 0 Å². The normalized spacial score (nSPS) is 31.4. The summed E-state index contributed by atoms with van der Waals surface area (Å²) in [4.78, 5) is 13.3. The Morgan fingerprint density at radius 3 is 2.56 bits per heavy atom. The second kappa shape index (κ2) is 6.55. The fourth-order valence-electron chi connectivity index (χ4n) is 3.67. The zero-order valence-corrected chi connectivity index (χ0v) is 11.6. The van der Waals surface area contributed by atoms with Crippen molar-refractivity contribution in [1.29, 1.82) is 0 Å². The van der Waals surface area contributed by atoms with Crippen LogP contribution in [0.1, 0.15) is 58.3 Å². The first-order valence-corrected chi connectivity index (χ1v) is 7.61. The van der Waals surface area contributed by atoms with Crippen molar-refractivity contribution in [3.05, 3.63) is 0 Å². The Morgan fingerprint density at radius 2 is 1.94 bits per heavy atom. The van der Waals surface area contributed by atoms with E-state index >= 15 is 0 Å². The van der Waals surface area contributed by atoms with Crippen LogP contribution < -0.4 is 0 Å². The molecule has 1 N–H and O–H groups in total. The van der Waals surface area contributed by atoms with Crippen LogP contribution >= 0.6 is 0 Å². The van der Waals surface area contributed by atoms with Gasteiger partial charge in [0, 0.05) is 12.5 Å². The summed E-state index contributed by atoms with van der Waals surface area (Å²) in [5, 5.41) is 8.72. The lowest BCUT2D eigenvalue weighted by atomic mass is 9.84. The predicted octanol–water partition coefficient (Wildman–Crippen LogP) is 3.14. The number of hydrogen-bond acceptors (Lipinski definition) is 2. The molecule has 1 heterocycles. The van der Waals surface area contributed by atoms with Gasteiger partial charge in [0.15, 0.2) is 0 Å². The highest BCUT2D eigenvalue weighted by Crippen LogP contribution is 2.31. The molecule has 2 rings (SSSR count). The molecule has 0 spiro atoms. The molecule has 2 aliphatic rings. The van der Waals surface area contributed by atoms with E-state index in [4.69, 9.17) is 5.11 Å². The summed E-state index contributed by atoms with van der Waals surface area (Å²) in [5.41, 5.74) is 0. The Morgan fingerprint density at radius 1 is 1.22 bits per heavy atom. The molecule has 2 fully saturated rings. The van der Waals surface area contributed by atoms with Gasteiger partial charge in [0.2, 0.25) is 0 Å². The lowest BCUT2D eigenvalue weighted by Gasteiger charge is -2.40. The summed E-state index contributed by atoms with van der Waals surface area (Å²) >= 11 is 0. The molecular formula is C15H27NO2. The third-order valence-corrected chi connectivity index (χ3v) is 4.84. The standard InChI is InChI=1S/C15H27NO2/c1-12-3-2-4-14(11-12)16-9-7-13(8-10-16)5-6-15(17)18/h12-14H,2-11H2,1H3,(H,17,18). The topological polar surface area (TPSA) is 40.5 Å². The third kappa shape index (κ3) is 3.98. The highest BCUT2D eigenvalue weighted by Gasteiger charge is 2.28. The van der Waals surface area contributed by atoms with Gasteiger partial charge in [-0.05, 0) is 57.0 Å². The van der Waals surface area contributed by atoms with Gasteiger partial charge in [0.1, 0.15) is 0 Å². The molecule has 0 amide bonds. The van der Waals surface area contributed by atoms with E-state index in [1.54, 1.807) is 0 Å². The van der Waals surface area contributed by atoms with Crippen LogP contribution in [0.15, 0.2) is 0 Å². The highest BCUT2D eigenvalue weighted by molar-refractivity contribution is 5.66. The van der Waals surface area contributed by atoms with Crippen LogP contribution in [0.4, 0.5) is 0 Å². The Hall–Kier alpha value is -0.570. The minimum Gasteiger partial charge on any atom is -0.481 e. The third-order valence-electron chi connectivity index (χ3n) is 4.84. The van der Waals surface area contributed by atoms with Crippen molar-refractivity contribution in [1.82, 2.24) is 4.90 Å². The average Bonchev–Trinajstić information content (AvgIpc) is 2.37. The van der Waals surface area contributed by atoms with Gasteiger partial charge in [-0.15, -0.1) is 0 Å². The van der Waals surface area contributed by atoms with Gasteiger partial charge in [0.05, 0.1) is 0 Å². The van der Waals surface area contributed by atoms with Gasteiger partial charge < -0.3 is 10.0 Å². The molecular weight excluding hydrogens is 226 g/mol. The van der Waals surface area contributed by atoms with Gasteiger partial charge in [-0.25, -0.2) is 0 Å². The van der Waals surface area contributed by atoms with Crippen LogP contribution in [0.5, 0.6) is 0 Å². The van der Waals surface area contributed by atoms with Crippen LogP contribution in [0.3, 0.4) is 0 Å². The maximum atomic E-state index is 10.6. The fraction of sp³-hybridized carbons (Fsp3) is 0.933. The first kappa shape index (κ1) is 13.9. The lowest BCUT2D eigenvalue weighted by Crippen LogP contribution is -2.43. The van der Waals surface area contributed by atoms with Crippen molar-refractivity contribution in [2.24, 2.45) is 11.8 Å². The van der Waals surface area contributed by atoms with Crippen molar-refractivity contribution in [3.63, 3.8) is 0 Å². The molecule has 0 aromatic carbocycles. The lowest BCUT2D eigenvalue weighted by molar-refractivity contribution is -0.137. The number of piperidine rings is 1. The maximum Gasteiger partial charge on any atom is 0.303 e. The molecule has 2 unspecified atom stereocenters. The van der Waals surface area contributed by atoms with E-state index < -0.39 is 5.97 Å². The number of carboxylic acids is 1. The van der Waals surface area contributed by atoms with Crippen molar-refractivity contribution in [3.8, 4) is 0 Å². The van der Waals surface area contributed by atoms with Crippen molar-refractivity contribution in [2.75, 3.05) is 13.1 Å². The van der Waals surface area contributed by atoms with Crippen LogP contribution in [0.2, 0.25) is 0 Å². The molecule has 1 saturated carbocycles. The summed E-state index contributed by atoms with van der Waals surface area (Å²) < 4.78 is 0. The Bertz CT molecular complexity index is 272. The molecule has 104 valence electrons. The molecule has 1 aliphatic carbocycles. The largest absolute Gasteiger partial charge is 0.481 e. The molecule has 0 aromatic heterocycles. The number of nitrogens with zero attached hydrogens (tertiary/aromatic N) is 1. The van der Waals surface area contributed by atoms with E-state index in [9.17, 15) is 4.79 Å². The molecule has 3 nitrogen and oxygen atoms in total. The zero-order valence-electron chi connectivity index (χ0n) is 11.6. The van der Waals surface area contributed by atoms with Crippen molar-refractivity contribution >= 4 is 5.97 Å². The van der Waals surface area contributed by atoms with Crippen molar-refractivity contribution in [2.45, 2.75) is 64.3 Å². The van der Waals surface area contributed by atoms with E-state index in [-0.39, 0.29) is 0 Å². The van der Waals surface area contributed by atoms with E-state index in [1.165, 1.54) is 51.6 Å². The van der Waals surface area contributed by atoms with E-state index in [0.29, 0.717) is 12.3 Å². The first-order chi connectivity index (χ1) is 8.65. The quantitative estimate of drug-likeness (QED) is 0.836. The van der Waals surface area contributed by atoms with Crippen LogP contribution in [-0.2, 0) is 4.79 Å². The van der Waals surface area contributed by atoms with Crippen LogP contribution in [-0.4, -0.2) is 35.1 Å². The summed E-state index contributed by atoms with van der Waals surface area (Å²) in [6.45, 7) is 4.77. The molecule has 0 aromatic rings. The van der Waals surface area contributed by atoms with Crippen LogP contribution in [0.25, 0.3) is 0 Å². The number of carboxylic acid groups (broad SMARTS) is 1. The minimum atomic E-state index is -0.640. The second-order valence-corrected chi connectivity index (χ2v) is 6.34. The molecule has 1 saturated heterocycles. The minimum absolute atomic E-state index is 0.352. The zero-order chi connectivity index (χ0) is 13.0. The molecule has 3 heteroatoms. The van der Waals surface area contributed by atoms with Gasteiger partial charge >= 0.3 is 5.97 Å². The maximum absolute atomic E-state index is 10.6. The monoisotopic (exact) mass is 253 g/mol. The molecule has 0 radical (unpaired) electrons. The Labute approximate surface area is 111 Å². The van der Waals surface area contributed by atoms with Crippen LogP contribution in [0, 0.1) is 11.8 Å². The highest BCUT2D eigenvalue weighted by atomic mass is 16.4. The smallest absolute Gasteiger partial charge is 0.303 e. The first-order valence-electron chi connectivity index (χ1n) is 7.61. The van der Waals surface area contributed by atoms with E-state index in [2.05, 4.69) is 11.8 Å². The summed E-state index contributed by atoms with van der Waals surface area (Å²) in [7, 11) is 0. The van der Waals surface area contributed by atoms with Gasteiger partial charge in [0.25, 0.3) is 0 Å². The number of hydrogen-bond donors (Lipinski definition) is 1. The molecule has 18 heavy (non-hydrogen) atoms. The Balaban J connectivity index is 1.71. The molecule has 1 aliphatic heterocycles. The second-order valence-electron chi connectivity index (χ2n) is 6.34. The summed E-state index contributed by atoms with van der Waals surface area (Å²) in [6.07, 6.45) is 9.20. The summed E-state index contributed by atoms with van der Waals surface area (Å²) in [6, 6.07) is 0.814. The van der Waals surface area contributed by atoms with Gasteiger partial charge in [-0.1, -0.05) is 19.8 Å². The van der Waals surface area contributed by atoms with Gasteiger partial charge in [-0.3, -0.25) is 4.79 Å². The number of aliphatic carboxylic acids is 1. The van der Waals surface area contributed by atoms with Crippen molar-refractivity contribution < 1.29 is 9.90 Å². The van der Waals surface area contributed by atoms with E-state index in [0.717, 1.165) is 18.4 Å². The average molecular weight is 253 g/mol. The SMILES string of the molecule is CC1CCCC(N2CCC(CCC(=O)O)CC2)C1. The fourth-order valence-corrected chi connectivity index (χ4v) is 3.67. The Kier molecular flexibility index (Phi) is 5.04.